The van der Waals surface area contributed by atoms with Crippen LogP contribution in [0.25, 0.3) is 10.9 Å². The first-order chi connectivity index (χ1) is 14.0. The highest BCUT2D eigenvalue weighted by molar-refractivity contribution is 5.95. The van der Waals surface area contributed by atoms with Crippen LogP contribution in [0.5, 0.6) is 0 Å². The van der Waals surface area contributed by atoms with Crippen LogP contribution in [0.2, 0.25) is 0 Å². The van der Waals surface area contributed by atoms with Crippen LogP contribution in [-0.4, -0.2) is 42.5 Å². The Balaban J connectivity index is 1.66. The first kappa shape index (κ1) is 20.1. The highest BCUT2D eigenvalue weighted by Crippen LogP contribution is 2.19. The van der Waals surface area contributed by atoms with Gasteiger partial charge in [-0.3, -0.25) is 9.59 Å². The SMILES string of the molecule is CC(=O)NC(Cc1c[nH]c2ccccc12)C(=O)OCC(=O)N(C)c1ccccc1. The van der Waals surface area contributed by atoms with Crippen molar-refractivity contribution in [3.8, 4) is 0 Å². The van der Waals surface area contributed by atoms with Crippen molar-refractivity contribution in [2.75, 3.05) is 18.6 Å². The van der Waals surface area contributed by atoms with Gasteiger partial charge in [0.2, 0.25) is 5.91 Å². The number of carbonyl (C=O) groups is 3. The third-order valence-electron chi connectivity index (χ3n) is 4.62. The monoisotopic (exact) mass is 393 g/mol. The number of esters is 1. The molecule has 1 atom stereocenters. The van der Waals surface area contributed by atoms with Gasteiger partial charge in [-0.25, -0.2) is 4.79 Å². The molecular weight excluding hydrogens is 370 g/mol. The topological polar surface area (TPSA) is 91.5 Å². The van der Waals surface area contributed by atoms with Crippen molar-refractivity contribution in [2.45, 2.75) is 19.4 Å². The lowest BCUT2D eigenvalue weighted by Gasteiger charge is -2.19. The van der Waals surface area contributed by atoms with Crippen LogP contribution < -0.4 is 10.2 Å². The number of aromatic nitrogens is 1. The van der Waals surface area contributed by atoms with Crippen molar-refractivity contribution in [1.29, 1.82) is 0 Å². The Morgan fingerprint density at radius 3 is 2.48 bits per heavy atom. The van der Waals surface area contributed by atoms with Gasteiger partial charge in [0.15, 0.2) is 6.61 Å². The van der Waals surface area contributed by atoms with Gasteiger partial charge in [0.25, 0.3) is 5.91 Å². The zero-order chi connectivity index (χ0) is 20.8. The highest BCUT2D eigenvalue weighted by Gasteiger charge is 2.24. The van der Waals surface area contributed by atoms with Gasteiger partial charge < -0.3 is 19.9 Å². The number of rotatable bonds is 7. The average molecular weight is 393 g/mol. The molecule has 2 aromatic carbocycles. The van der Waals surface area contributed by atoms with Gasteiger partial charge in [-0.1, -0.05) is 36.4 Å². The summed E-state index contributed by atoms with van der Waals surface area (Å²) in [4.78, 5) is 41.1. The van der Waals surface area contributed by atoms with E-state index in [4.69, 9.17) is 4.74 Å². The van der Waals surface area contributed by atoms with Gasteiger partial charge >= 0.3 is 5.97 Å². The van der Waals surface area contributed by atoms with Crippen LogP contribution in [0, 0.1) is 0 Å². The molecule has 150 valence electrons. The molecule has 0 aliphatic heterocycles. The van der Waals surface area contributed by atoms with E-state index < -0.39 is 18.6 Å². The molecule has 0 aliphatic carbocycles. The highest BCUT2D eigenvalue weighted by atomic mass is 16.5. The third-order valence-corrected chi connectivity index (χ3v) is 4.62. The Kier molecular flexibility index (Phi) is 6.29. The largest absolute Gasteiger partial charge is 0.454 e. The second-order valence-corrected chi connectivity index (χ2v) is 6.71. The fourth-order valence-corrected chi connectivity index (χ4v) is 3.08. The molecule has 0 spiro atoms. The van der Waals surface area contributed by atoms with E-state index in [-0.39, 0.29) is 18.2 Å². The minimum Gasteiger partial charge on any atom is -0.454 e. The minimum atomic E-state index is -0.887. The smallest absolute Gasteiger partial charge is 0.329 e. The lowest BCUT2D eigenvalue weighted by Crippen LogP contribution is -2.43. The summed E-state index contributed by atoms with van der Waals surface area (Å²) in [7, 11) is 1.61. The summed E-state index contributed by atoms with van der Waals surface area (Å²) in [6.07, 6.45) is 2.06. The molecular formula is C22H23N3O4. The Hall–Kier alpha value is -3.61. The lowest BCUT2D eigenvalue weighted by molar-refractivity contribution is -0.150. The van der Waals surface area contributed by atoms with E-state index >= 15 is 0 Å². The molecule has 2 amide bonds. The first-order valence-corrected chi connectivity index (χ1v) is 9.26. The molecule has 0 radical (unpaired) electrons. The number of para-hydroxylation sites is 2. The van der Waals surface area contributed by atoms with Gasteiger partial charge in [0.1, 0.15) is 6.04 Å². The fourth-order valence-electron chi connectivity index (χ4n) is 3.08. The zero-order valence-corrected chi connectivity index (χ0v) is 16.3. The zero-order valence-electron chi connectivity index (χ0n) is 16.3. The van der Waals surface area contributed by atoms with Crippen LogP contribution in [0.15, 0.2) is 60.8 Å². The van der Waals surface area contributed by atoms with Crippen molar-refractivity contribution in [3.05, 3.63) is 66.4 Å². The Morgan fingerprint density at radius 2 is 1.76 bits per heavy atom. The van der Waals surface area contributed by atoms with Crippen molar-refractivity contribution < 1.29 is 19.1 Å². The molecule has 7 nitrogen and oxygen atoms in total. The van der Waals surface area contributed by atoms with Crippen LogP contribution in [0.4, 0.5) is 5.69 Å². The predicted octanol–water partition coefficient (Wildman–Crippen LogP) is 2.42. The molecule has 1 aromatic heterocycles. The van der Waals surface area contributed by atoms with Gasteiger partial charge in [0, 0.05) is 43.2 Å². The number of hydrogen-bond acceptors (Lipinski definition) is 4. The van der Waals surface area contributed by atoms with E-state index in [0.29, 0.717) is 5.69 Å². The molecule has 0 saturated carbocycles. The normalized spacial score (nSPS) is 11.7. The number of likely N-dealkylation sites (N-methyl/N-ethyl adjacent to an activating group) is 1. The maximum Gasteiger partial charge on any atom is 0.329 e. The summed E-state index contributed by atoms with van der Waals surface area (Å²) in [5.74, 6) is -1.36. The lowest BCUT2D eigenvalue weighted by atomic mass is 10.0. The van der Waals surface area contributed by atoms with Crippen molar-refractivity contribution in [3.63, 3.8) is 0 Å². The second-order valence-electron chi connectivity index (χ2n) is 6.71. The number of fused-ring (bicyclic) bond motifs is 1. The standard InChI is InChI=1S/C22H23N3O4/c1-15(26)24-20(12-16-13-23-19-11-7-6-10-18(16)19)22(28)29-14-21(27)25(2)17-8-4-3-5-9-17/h3-11,13,20,23H,12,14H2,1-2H3,(H,24,26). The number of ether oxygens (including phenoxy) is 1. The summed E-state index contributed by atoms with van der Waals surface area (Å²) in [6.45, 7) is 0.929. The molecule has 0 bridgehead atoms. The minimum absolute atomic E-state index is 0.255. The summed E-state index contributed by atoms with van der Waals surface area (Å²) in [5, 5.41) is 3.58. The van der Waals surface area contributed by atoms with E-state index in [1.807, 2.05) is 42.5 Å². The number of benzene rings is 2. The number of nitrogens with zero attached hydrogens (tertiary/aromatic N) is 1. The van der Waals surface area contributed by atoms with Crippen LogP contribution in [0.1, 0.15) is 12.5 Å². The summed E-state index contributed by atoms with van der Waals surface area (Å²) >= 11 is 0. The molecule has 0 aliphatic rings. The molecule has 0 saturated heterocycles. The van der Waals surface area contributed by atoms with E-state index in [1.165, 1.54) is 11.8 Å². The first-order valence-electron chi connectivity index (χ1n) is 9.26. The Labute approximate surface area is 168 Å². The molecule has 3 rings (SSSR count). The van der Waals surface area contributed by atoms with Crippen LogP contribution in [0.3, 0.4) is 0 Å². The third kappa shape index (κ3) is 5.01. The van der Waals surface area contributed by atoms with Gasteiger partial charge in [-0.05, 0) is 23.8 Å². The maximum atomic E-state index is 12.6. The molecule has 1 heterocycles. The number of nitrogens with one attached hydrogen (secondary N) is 2. The Morgan fingerprint density at radius 1 is 1.07 bits per heavy atom. The molecule has 2 N–H and O–H groups in total. The predicted molar refractivity (Wildman–Crippen MR) is 110 cm³/mol. The van der Waals surface area contributed by atoms with Crippen LogP contribution in [-0.2, 0) is 25.5 Å². The van der Waals surface area contributed by atoms with E-state index in [2.05, 4.69) is 10.3 Å². The van der Waals surface area contributed by atoms with E-state index in [9.17, 15) is 14.4 Å². The van der Waals surface area contributed by atoms with Gasteiger partial charge in [-0.15, -0.1) is 0 Å². The van der Waals surface area contributed by atoms with Crippen molar-refractivity contribution in [1.82, 2.24) is 10.3 Å². The van der Waals surface area contributed by atoms with Crippen LogP contribution >= 0.6 is 0 Å². The number of anilines is 1. The quantitative estimate of drug-likeness (QED) is 0.603. The molecule has 0 fully saturated rings. The summed E-state index contributed by atoms with van der Waals surface area (Å²) in [6, 6.07) is 15.9. The number of hydrogen-bond donors (Lipinski definition) is 2. The van der Waals surface area contributed by atoms with E-state index in [1.54, 1.807) is 25.4 Å². The van der Waals surface area contributed by atoms with Gasteiger partial charge in [-0.2, -0.15) is 0 Å². The summed E-state index contributed by atoms with van der Waals surface area (Å²) < 4.78 is 5.22. The second kappa shape index (κ2) is 9.05. The maximum absolute atomic E-state index is 12.6. The van der Waals surface area contributed by atoms with Crippen molar-refractivity contribution in [2.24, 2.45) is 0 Å². The average Bonchev–Trinajstić information content (AvgIpc) is 3.14. The molecule has 1 unspecified atom stereocenters. The number of H-pyrrole nitrogens is 1. The molecule has 7 heteroatoms. The number of aromatic amines is 1. The Bertz CT molecular complexity index is 1010. The summed E-state index contributed by atoms with van der Waals surface area (Å²) in [5.41, 5.74) is 2.52. The van der Waals surface area contributed by atoms with Gasteiger partial charge in [0.05, 0.1) is 0 Å². The molecule has 3 aromatic rings. The van der Waals surface area contributed by atoms with Crippen molar-refractivity contribution >= 4 is 34.4 Å². The molecule has 29 heavy (non-hydrogen) atoms. The number of carbonyl (C=O) groups excluding carboxylic acids is 3. The fraction of sp³-hybridized carbons (Fsp3) is 0.227. The van der Waals surface area contributed by atoms with E-state index in [0.717, 1.165) is 16.5 Å². The number of amides is 2.